The standard InChI is InChI=1S/C12H15IN4/c1-3-4-11-15-12(17(2)16-11)9-7-8(13)5-6-10(9)14/h5-7H,3-4,14H2,1-2H3. The molecule has 1 aromatic carbocycles. The topological polar surface area (TPSA) is 56.7 Å². The maximum Gasteiger partial charge on any atom is 0.160 e. The van der Waals surface area contributed by atoms with Crippen LogP contribution in [0.2, 0.25) is 0 Å². The van der Waals surface area contributed by atoms with Crippen LogP contribution in [0.3, 0.4) is 0 Å². The van der Waals surface area contributed by atoms with Crippen LogP contribution in [0.1, 0.15) is 19.2 Å². The molecule has 0 saturated carbocycles. The first-order valence-electron chi connectivity index (χ1n) is 5.57. The zero-order valence-electron chi connectivity index (χ0n) is 9.94. The van der Waals surface area contributed by atoms with E-state index in [0.717, 1.165) is 39.3 Å². The number of rotatable bonds is 3. The van der Waals surface area contributed by atoms with E-state index in [0.29, 0.717) is 0 Å². The van der Waals surface area contributed by atoms with Crippen molar-refractivity contribution in [2.24, 2.45) is 7.05 Å². The molecule has 2 N–H and O–H groups in total. The third kappa shape index (κ3) is 2.59. The van der Waals surface area contributed by atoms with Gasteiger partial charge in [0, 0.05) is 28.3 Å². The first-order valence-corrected chi connectivity index (χ1v) is 6.65. The van der Waals surface area contributed by atoms with Gasteiger partial charge >= 0.3 is 0 Å². The summed E-state index contributed by atoms with van der Waals surface area (Å²) in [4.78, 5) is 4.54. The lowest BCUT2D eigenvalue weighted by Crippen LogP contribution is -1.98. The molecule has 0 aliphatic heterocycles. The number of anilines is 1. The van der Waals surface area contributed by atoms with Gasteiger partial charge in [-0.15, -0.1) is 0 Å². The maximum absolute atomic E-state index is 5.99. The Balaban J connectivity index is 2.48. The second-order valence-electron chi connectivity index (χ2n) is 3.96. The predicted molar refractivity (Wildman–Crippen MR) is 77.6 cm³/mol. The normalized spacial score (nSPS) is 10.8. The highest BCUT2D eigenvalue weighted by molar-refractivity contribution is 14.1. The number of benzene rings is 1. The lowest BCUT2D eigenvalue weighted by Gasteiger charge is -2.04. The van der Waals surface area contributed by atoms with E-state index in [-0.39, 0.29) is 0 Å². The van der Waals surface area contributed by atoms with Crippen LogP contribution >= 0.6 is 22.6 Å². The van der Waals surface area contributed by atoms with Crippen molar-refractivity contribution >= 4 is 28.3 Å². The van der Waals surface area contributed by atoms with E-state index >= 15 is 0 Å². The van der Waals surface area contributed by atoms with Crippen molar-refractivity contribution in [1.29, 1.82) is 0 Å². The molecule has 4 nitrogen and oxygen atoms in total. The average molecular weight is 342 g/mol. The molecule has 0 aliphatic carbocycles. The Bertz CT molecular complexity index is 533. The Kier molecular flexibility index (Phi) is 3.66. The van der Waals surface area contributed by atoms with Crippen LogP contribution in [-0.2, 0) is 13.5 Å². The molecule has 0 bridgehead atoms. The Labute approximate surface area is 114 Å². The number of aromatic nitrogens is 3. The van der Waals surface area contributed by atoms with Gasteiger partial charge in [0.25, 0.3) is 0 Å². The van der Waals surface area contributed by atoms with E-state index in [1.165, 1.54) is 0 Å². The van der Waals surface area contributed by atoms with Crippen molar-refractivity contribution < 1.29 is 0 Å². The summed E-state index contributed by atoms with van der Waals surface area (Å²) in [6.45, 7) is 2.12. The first kappa shape index (κ1) is 12.3. The van der Waals surface area contributed by atoms with Gasteiger partial charge in [0.2, 0.25) is 0 Å². The number of halogens is 1. The lowest BCUT2D eigenvalue weighted by molar-refractivity contribution is 0.738. The summed E-state index contributed by atoms with van der Waals surface area (Å²) in [7, 11) is 1.90. The lowest BCUT2D eigenvalue weighted by atomic mass is 10.2. The van der Waals surface area contributed by atoms with Crippen LogP contribution in [0.25, 0.3) is 11.4 Å². The van der Waals surface area contributed by atoms with Gasteiger partial charge in [0.1, 0.15) is 0 Å². The summed E-state index contributed by atoms with van der Waals surface area (Å²) in [6.07, 6.45) is 1.95. The van der Waals surface area contributed by atoms with Crippen molar-refractivity contribution in [2.75, 3.05) is 5.73 Å². The van der Waals surface area contributed by atoms with Crippen LogP contribution in [-0.4, -0.2) is 14.8 Å². The van der Waals surface area contributed by atoms with Crippen molar-refractivity contribution in [2.45, 2.75) is 19.8 Å². The van der Waals surface area contributed by atoms with Crippen molar-refractivity contribution in [1.82, 2.24) is 14.8 Å². The average Bonchev–Trinajstić information content (AvgIpc) is 2.64. The summed E-state index contributed by atoms with van der Waals surface area (Å²) in [5.74, 6) is 1.72. The van der Waals surface area contributed by atoms with Gasteiger partial charge in [-0.3, -0.25) is 0 Å². The van der Waals surface area contributed by atoms with E-state index in [4.69, 9.17) is 5.73 Å². The third-order valence-corrected chi connectivity index (χ3v) is 3.21. The number of nitrogens with zero attached hydrogens (tertiary/aromatic N) is 3. The Hall–Kier alpha value is -1.11. The van der Waals surface area contributed by atoms with E-state index in [9.17, 15) is 0 Å². The van der Waals surface area contributed by atoms with Gasteiger partial charge in [0.15, 0.2) is 11.6 Å². The summed E-state index contributed by atoms with van der Waals surface area (Å²) in [5.41, 5.74) is 7.68. The highest BCUT2D eigenvalue weighted by Gasteiger charge is 2.11. The van der Waals surface area contributed by atoms with Crippen molar-refractivity contribution in [3.8, 4) is 11.4 Å². The zero-order valence-corrected chi connectivity index (χ0v) is 12.1. The molecule has 0 fully saturated rings. The highest BCUT2D eigenvalue weighted by Crippen LogP contribution is 2.26. The fourth-order valence-electron chi connectivity index (χ4n) is 1.72. The van der Waals surface area contributed by atoms with Crippen LogP contribution in [0.5, 0.6) is 0 Å². The molecule has 17 heavy (non-hydrogen) atoms. The minimum absolute atomic E-state index is 0.740. The molecule has 2 rings (SSSR count). The van der Waals surface area contributed by atoms with Gasteiger partial charge in [-0.05, 0) is 47.2 Å². The molecular formula is C12H15IN4. The molecule has 0 saturated heterocycles. The third-order valence-electron chi connectivity index (χ3n) is 2.54. The number of hydrogen-bond acceptors (Lipinski definition) is 3. The molecule has 0 aliphatic rings. The second kappa shape index (κ2) is 5.03. The quantitative estimate of drug-likeness (QED) is 0.689. The smallest absolute Gasteiger partial charge is 0.160 e. The Morgan fingerprint density at radius 1 is 1.41 bits per heavy atom. The SMILES string of the molecule is CCCc1nc(-c2cc(I)ccc2N)n(C)n1. The van der Waals surface area contributed by atoms with Gasteiger partial charge < -0.3 is 5.73 Å². The Morgan fingerprint density at radius 3 is 2.88 bits per heavy atom. The molecule has 1 aromatic heterocycles. The Morgan fingerprint density at radius 2 is 2.18 bits per heavy atom. The number of nitrogen functional groups attached to an aromatic ring is 1. The van der Waals surface area contributed by atoms with Crippen molar-refractivity contribution in [3.05, 3.63) is 27.6 Å². The molecule has 0 unspecified atom stereocenters. The summed E-state index contributed by atoms with van der Waals surface area (Å²) in [5, 5.41) is 4.40. The summed E-state index contributed by atoms with van der Waals surface area (Å²) in [6, 6.07) is 5.93. The van der Waals surface area contributed by atoms with E-state index in [1.54, 1.807) is 4.68 Å². The molecule has 0 spiro atoms. The van der Waals surface area contributed by atoms with Crippen LogP contribution in [0, 0.1) is 3.57 Å². The first-order chi connectivity index (χ1) is 8.11. The van der Waals surface area contributed by atoms with E-state index in [2.05, 4.69) is 39.6 Å². The maximum atomic E-state index is 5.99. The number of hydrogen-bond donors (Lipinski definition) is 1. The van der Waals surface area contributed by atoms with E-state index in [1.807, 2.05) is 25.2 Å². The summed E-state index contributed by atoms with van der Waals surface area (Å²) >= 11 is 2.27. The molecule has 1 heterocycles. The molecule has 0 atom stereocenters. The van der Waals surface area contributed by atoms with Crippen molar-refractivity contribution in [3.63, 3.8) is 0 Å². The van der Waals surface area contributed by atoms with Gasteiger partial charge in [0.05, 0.1) is 0 Å². The second-order valence-corrected chi connectivity index (χ2v) is 5.20. The minimum atomic E-state index is 0.740. The monoisotopic (exact) mass is 342 g/mol. The molecule has 90 valence electrons. The van der Waals surface area contributed by atoms with Crippen LogP contribution in [0.4, 0.5) is 5.69 Å². The molecular weight excluding hydrogens is 327 g/mol. The molecule has 0 amide bonds. The summed E-state index contributed by atoms with van der Waals surface area (Å²) < 4.78 is 2.94. The zero-order chi connectivity index (χ0) is 12.4. The largest absolute Gasteiger partial charge is 0.398 e. The number of nitrogens with two attached hydrogens (primary N) is 1. The predicted octanol–water partition coefficient (Wildman–Crippen LogP) is 2.62. The van der Waals surface area contributed by atoms with Gasteiger partial charge in [-0.2, -0.15) is 5.10 Å². The van der Waals surface area contributed by atoms with Gasteiger partial charge in [-0.25, -0.2) is 9.67 Å². The fourth-order valence-corrected chi connectivity index (χ4v) is 2.21. The van der Waals surface area contributed by atoms with Gasteiger partial charge in [-0.1, -0.05) is 6.92 Å². The highest BCUT2D eigenvalue weighted by atomic mass is 127. The molecule has 5 heteroatoms. The molecule has 0 radical (unpaired) electrons. The number of aryl methyl sites for hydroxylation is 2. The van der Waals surface area contributed by atoms with E-state index < -0.39 is 0 Å². The minimum Gasteiger partial charge on any atom is -0.398 e. The van der Waals surface area contributed by atoms with Crippen LogP contribution < -0.4 is 5.73 Å². The van der Waals surface area contributed by atoms with Crippen LogP contribution in [0.15, 0.2) is 18.2 Å². The molecule has 2 aromatic rings. The fraction of sp³-hybridized carbons (Fsp3) is 0.333.